The fourth-order valence-corrected chi connectivity index (χ4v) is 10.9. The lowest BCUT2D eigenvalue weighted by molar-refractivity contribution is -0.134. The lowest BCUT2D eigenvalue weighted by Crippen LogP contribution is -2.17. The number of fused-ring (bicyclic) bond motifs is 1. The molecule has 0 saturated carbocycles. The number of nitrogen functional groups attached to an aromatic ring is 1. The van der Waals surface area contributed by atoms with Crippen LogP contribution in [0.1, 0.15) is 161 Å². The van der Waals surface area contributed by atoms with Crippen LogP contribution in [0.3, 0.4) is 0 Å². The Bertz CT molecular complexity index is 1830. The lowest BCUT2D eigenvalue weighted by atomic mass is 10.0. The molecule has 1 aromatic carbocycles. The number of phosphoric ester groups is 1. The molecule has 0 spiro atoms. The maximum Gasteiger partial charge on any atom is 0.488 e. The predicted octanol–water partition coefficient (Wildman–Crippen LogP) is 11.6. The standard InChI is InChI=1S/C41H70N5O12P3/c1-4-6-8-10-11-12-13-14-15-16-17-18-19-20-21-23-29-54-61(52,55-31-36-25-27-37(28-26-36)56-38(47)24-22-9-7-5-2)58-60(50,51)57-59(48,49)34-53-35(3)30-46-33-45-39-40(42)43-32-44-41(39)46/h25-28,32-33,35H,4-24,29-31,34H2,1-3H3,(H,48,49)(H,50,51)(H2,42,43,44)/t35-,61?/m1/s1. The number of hydrogen-bond donors (Lipinski definition) is 3. The van der Waals surface area contributed by atoms with Gasteiger partial charge in [0.15, 0.2) is 11.5 Å². The molecule has 0 aliphatic rings. The van der Waals surface area contributed by atoms with E-state index in [-0.39, 0.29) is 24.9 Å². The summed E-state index contributed by atoms with van der Waals surface area (Å²) < 4.78 is 72.7. The number of benzene rings is 1. The van der Waals surface area contributed by atoms with E-state index >= 15 is 0 Å². The van der Waals surface area contributed by atoms with E-state index in [9.17, 15) is 28.3 Å². The van der Waals surface area contributed by atoms with Crippen LogP contribution in [0.4, 0.5) is 5.82 Å². The molecule has 3 aromatic rings. The molecule has 20 heteroatoms. The number of unbranched alkanes of at least 4 members (excludes halogenated alkanes) is 18. The number of esters is 1. The van der Waals surface area contributed by atoms with E-state index < -0.39 is 42.3 Å². The quantitative estimate of drug-likeness (QED) is 0.0213. The SMILES string of the molecule is CCCCCCCCCCCCCCCCCCOP(=O)(OCc1ccc(OC(=O)CCCCCC)cc1)OP(=O)(O)OP(=O)(O)CO[C@H](C)Cn1cnc2c(N)ncnc21. The summed E-state index contributed by atoms with van der Waals surface area (Å²) in [5.74, 6) is 0.139. The van der Waals surface area contributed by atoms with Gasteiger partial charge in [0.05, 0.1) is 32.2 Å². The van der Waals surface area contributed by atoms with Gasteiger partial charge in [-0.15, -0.1) is 0 Å². The summed E-state index contributed by atoms with van der Waals surface area (Å²) in [6.45, 7) is 5.50. The summed E-state index contributed by atoms with van der Waals surface area (Å²) >= 11 is 0. The maximum absolute atomic E-state index is 13.8. The van der Waals surface area contributed by atoms with E-state index in [1.54, 1.807) is 23.6 Å². The number of nitrogens with zero attached hydrogens (tertiary/aromatic N) is 4. The van der Waals surface area contributed by atoms with E-state index in [2.05, 4.69) is 33.1 Å². The highest BCUT2D eigenvalue weighted by Crippen LogP contribution is 2.69. The van der Waals surface area contributed by atoms with Crippen molar-refractivity contribution in [2.24, 2.45) is 0 Å². The van der Waals surface area contributed by atoms with Crippen LogP contribution in [0, 0.1) is 0 Å². The second-order valence-electron chi connectivity index (χ2n) is 15.5. The van der Waals surface area contributed by atoms with E-state index in [4.69, 9.17) is 28.6 Å². The minimum Gasteiger partial charge on any atom is -0.427 e. The van der Waals surface area contributed by atoms with E-state index in [0.29, 0.717) is 35.3 Å². The Hall–Kier alpha value is -2.55. The molecule has 0 aliphatic heterocycles. The van der Waals surface area contributed by atoms with Gasteiger partial charge in [-0.25, -0.2) is 28.4 Å². The third-order valence-electron chi connectivity index (χ3n) is 9.87. The van der Waals surface area contributed by atoms with Gasteiger partial charge in [0, 0.05) is 6.42 Å². The van der Waals surface area contributed by atoms with Gasteiger partial charge in [0.2, 0.25) is 0 Å². The number of hydrogen-bond acceptors (Lipinski definition) is 14. The number of imidazole rings is 1. The van der Waals surface area contributed by atoms with E-state index in [1.807, 2.05) is 0 Å². The average Bonchev–Trinajstić information content (AvgIpc) is 3.62. The molecule has 0 saturated heterocycles. The number of nitrogens with two attached hydrogens (primary N) is 1. The summed E-state index contributed by atoms with van der Waals surface area (Å²) in [7, 11) is -15.4. The average molecular weight is 918 g/mol. The van der Waals surface area contributed by atoms with Crippen LogP contribution in [0.2, 0.25) is 0 Å². The third kappa shape index (κ3) is 22.6. The first-order valence-corrected chi connectivity index (χ1v) is 26.8. The lowest BCUT2D eigenvalue weighted by Gasteiger charge is -2.22. The van der Waals surface area contributed by atoms with Crippen molar-refractivity contribution in [3.8, 4) is 5.75 Å². The molecule has 4 atom stereocenters. The first kappa shape index (κ1) is 52.8. The van der Waals surface area contributed by atoms with Crippen molar-refractivity contribution in [2.45, 2.75) is 175 Å². The highest BCUT2D eigenvalue weighted by molar-refractivity contribution is 7.68. The molecule has 61 heavy (non-hydrogen) atoms. The predicted molar refractivity (Wildman–Crippen MR) is 236 cm³/mol. The first-order chi connectivity index (χ1) is 29.2. The summed E-state index contributed by atoms with van der Waals surface area (Å²) in [4.78, 5) is 45.4. The second kappa shape index (κ2) is 29.0. The Morgan fingerprint density at radius 1 is 0.738 bits per heavy atom. The molecule has 0 fully saturated rings. The Kier molecular flexibility index (Phi) is 25.1. The molecule has 0 aliphatic carbocycles. The number of carbonyl (C=O) groups excluding carboxylic acids is 1. The Morgan fingerprint density at radius 2 is 1.30 bits per heavy atom. The number of carbonyl (C=O) groups is 1. The van der Waals surface area contributed by atoms with Crippen molar-refractivity contribution in [1.29, 1.82) is 0 Å². The van der Waals surface area contributed by atoms with Gasteiger partial charge >= 0.3 is 29.2 Å². The Balaban J connectivity index is 1.49. The summed E-state index contributed by atoms with van der Waals surface area (Å²) in [6.07, 6.45) is 23.7. The van der Waals surface area contributed by atoms with Gasteiger partial charge in [0.1, 0.15) is 23.9 Å². The zero-order chi connectivity index (χ0) is 44.4. The van der Waals surface area contributed by atoms with Gasteiger partial charge in [-0.05, 0) is 37.5 Å². The summed E-state index contributed by atoms with van der Waals surface area (Å²) in [6, 6.07) is 6.19. The Labute approximate surface area is 362 Å². The van der Waals surface area contributed by atoms with Crippen molar-refractivity contribution < 1.29 is 55.4 Å². The van der Waals surface area contributed by atoms with Crippen LogP contribution in [0.25, 0.3) is 11.2 Å². The van der Waals surface area contributed by atoms with Crippen molar-refractivity contribution in [1.82, 2.24) is 19.5 Å². The van der Waals surface area contributed by atoms with Crippen LogP contribution >= 0.6 is 23.2 Å². The van der Waals surface area contributed by atoms with E-state index in [1.165, 1.54) is 95.4 Å². The maximum atomic E-state index is 13.8. The largest absolute Gasteiger partial charge is 0.488 e. The summed E-state index contributed by atoms with van der Waals surface area (Å²) in [5.41, 5.74) is 7.07. The summed E-state index contributed by atoms with van der Waals surface area (Å²) in [5, 5.41) is 0. The van der Waals surface area contributed by atoms with Crippen molar-refractivity contribution in [2.75, 3.05) is 18.7 Å². The van der Waals surface area contributed by atoms with E-state index in [0.717, 1.165) is 51.4 Å². The molecule has 0 amide bonds. The molecule has 346 valence electrons. The molecule has 0 bridgehead atoms. The van der Waals surface area contributed by atoms with Gasteiger partial charge in [-0.3, -0.25) is 18.4 Å². The van der Waals surface area contributed by atoms with Crippen LogP contribution in [-0.4, -0.2) is 54.3 Å². The fourth-order valence-electron chi connectivity index (χ4n) is 6.51. The minimum atomic E-state index is -5.55. The Morgan fingerprint density at radius 3 is 1.89 bits per heavy atom. The zero-order valence-corrected chi connectivity index (χ0v) is 39.1. The number of rotatable bonds is 36. The smallest absolute Gasteiger partial charge is 0.427 e. The van der Waals surface area contributed by atoms with Gasteiger partial charge in [0.25, 0.3) is 0 Å². The highest BCUT2D eigenvalue weighted by Gasteiger charge is 2.43. The molecule has 2 heterocycles. The molecule has 0 radical (unpaired) electrons. The monoisotopic (exact) mass is 917 g/mol. The van der Waals surface area contributed by atoms with Crippen LogP contribution in [0.5, 0.6) is 5.75 Å². The van der Waals surface area contributed by atoms with Crippen LogP contribution in [-0.2, 0) is 54.0 Å². The van der Waals surface area contributed by atoms with Crippen molar-refractivity contribution in [3.63, 3.8) is 0 Å². The number of anilines is 1. The normalized spacial score (nSPS) is 15.3. The molecule has 3 unspecified atom stereocenters. The first-order valence-electron chi connectivity index (χ1n) is 22.0. The van der Waals surface area contributed by atoms with Gasteiger partial charge < -0.3 is 29.6 Å². The third-order valence-corrected chi connectivity index (χ3v) is 14.8. The molecular weight excluding hydrogens is 847 g/mol. The zero-order valence-electron chi connectivity index (χ0n) is 36.4. The highest BCUT2D eigenvalue weighted by atomic mass is 31.3. The molecular formula is C41H70N5O12P3. The van der Waals surface area contributed by atoms with Crippen molar-refractivity contribution in [3.05, 3.63) is 42.5 Å². The van der Waals surface area contributed by atoms with Crippen molar-refractivity contribution >= 4 is 46.2 Å². The number of phosphoric acid groups is 2. The minimum absolute atomic E-state index is 0.124. The molecule has 3 rings (SSSR count). The van der Waals surface area contributed by atoms with Crippen LogP contribution < -0.4 is 10.5 Å². The topological polar surface area (TPSA) is 234 Å². The van der Waals surface area contributed by atoms with Gasteiger partial charge in [-0.1, -0.05) is 142 Å². The number of ether oxygens (including phenoxy) is 2. The van der Waals surface area contributed by atoms with Crippen LogP contribution in [0.15, 0.2) is 36.9 Å². The fraction of sp³-hybridized carbons (Fsp3) is 0.707. The molecule has 2 aromatic heterocycles. The number of aromatic nitrogens is 4. The molecule has 4 N–H and O–H groups in total. The molecule has 17 nitrogen and oxygen atoms in total. The second-order valence-corrected chi connectivity index (χ2v) is 20.7. The van der Waals surface area contributed by atoms with Gasteiger partial charge in [-0.2, -0.15) is 4.31 Å².